The molecule has 102 valence electrons. The SMILES string of the molecule is Nc1cccc(F)c1S(=O)(=O)NCCc1ncc[nH]1. The molecule has 0 atom stereocenters. The average molecular weight is 284 g/mol. The van der Waals surface area contributed by atoms with E-state index in [-0.39, 0.29) is 12.2 Å². The number of rotatable bonds is 5. The molecule has 0 bridgehead atoms. The van der Waals surface area contributed by atoms with E-state index in [0.29, 0.717) is 12.2 Å². The van der Waals surface area contributed by atoms with Gasteiger partial charge in [0.05, 0.1) is 5.69 Å². The Labute approximate surface area is 109 Å². The van der Waals surface area contributed by atoms with Crippen molar-refractivity contribution in [2.45, 2.75) is 11.3 Å². The Morgan fingerprint density at radius 2 is 2.21 bits per heavy atom. The fourth-order valence-electron chi connectivity index (χ4n) is 1.62. The van der Waals surface area contributed by atoms with Gasteiger partial charge in [-0.25, -0.2) is 22.5 Å². The Morgan fingerprint density at radius 1 is 1.42 bits per heavy atom. The zero-order valence-corrected chi connectivity index (χ0v) is 10.7. The molecule has 8 heteroatoms. The summed E-state index contributed by atoms with van der Waals surface area (Å²) < 4.78 is 39.7. The van der Waals surface area contributed by atoms with Crippen LogP contribution in [-0.2, 0) is 16.4 Å². The summed E-state index contributed by atoms with van der Waals surface area (Å²) in [5.41, 5.74) is 5.38. The van der Waals surface area contributed by atoms with Crippen molar-refractivity contribution in [2.24, 2.45) is 0 Å². The molecular formula is C11H13FN4O2S. The first-order valence-corrected chi connectivity index (χ1v) is 7.01. The molecule has 0 spiro atoms. The van der Waals surface area contributed by atoms with E-state index < -0.39 is 20.7 Å². The van der Waals surface area contributed by atoms with Gasteiger partial charge >= 0.3 is 0 Å². The number of imidazole rings is 1. The molecule has 1 heterocycles. The summed E-state index contributed by atoms with van der Waals surface area (Å²) >= 11 is 0. The highest BCUT2D eigenvalue weighted by Crippen LogP contribution is 2.21. The first-order chi connectivity index (χ1) is 9.00. The van der Waals surface area contributed by atoms with Gasteiger partial charge in [-0.05, 0) is 12.1 Å². The summed E-state index contributed by atoms with van der Waals surface area (Å²) in [6, 6.07) is 3.74. The number of nitrogens with zero attached hydrogens (tertiary/aromatic N) is 1. The summed E-state index contributed by atoms with van der Waals surface area (Å²) in [5.74, 6) is -0.227. The minimum atomic E-state index is -3.97. The second kappa shape index (κ2) is 5.37. The van der Waals surface area contributed by atoms with Crippen LogP contribution in [0.4, 0.5) is 10.1 Å². The standard InChI is InChI=1S/C11H13FN4O2S/c12-8-2-1-3-9(13)11(8)19(17,18)16-5-4-10-14-6-7-15-10/h1-3,6-7,16H,4-5,13H2,(H,14,15). The van der Waals surface area contributed by atoms with Gasteiger partial charge in [0.15, 0.2) is 0 Å². The molecule has 0 amide bonds. The van der Waals surface area contributed by atoms with E-state index in [0.717, 1.165) is 6.07 Å². The van der Waals surface area contributed by atoms with Crippen LogP contribution in [0, 0.1) is 5.82 Å². The number of aromatic amines is 1. The smallest absolute Gasteiger partial charge is 0.245 e. The van der Waals surface area contributed by atoms with Crippen LogP contribution in [0.1, 0.15) is 5.82 Å². The predicted octanol–water partition coefficient (Wildman–Crippen LogP) is 0.652. The highest BCUT2D eigenvalue weighted by molar-refractivity contribution is 7.89. The molecule has 4 N–H and O–H groups in total. The number of aromatic nitrogens is 2. The zero-order chi connectivity index (χ0) is 13.9. The van der Waals surface area contributed by atoms with Crippen LogP contribution in [0.5, 0.6) is 0 Å². The number of benzene rings is 1. The Kier molecular flexibility index (Phi) is 3.82. The predicted molar refractivity (Wildman–Crippen MR) is 68.3 cm³/mol. The van der Waals surface area contributed by atoms with Gasteiger partial charge in [-0.3, -0.25) is 0 Å². The van der Waals surface area contributed by atoms with Crippen LogP contribution >= 0.6 is 0 Å². The van der Waals surface area contributed by atoms with Crippen molar-refractivity contribution in [3.05, 3.63) is 42.2 Å². The Hall–Kier alpha value is -1.93. The lowest BCUT2D eigenvalue weighted by molar-refractivity contribution is 0.558. The van der Waals surface area contributed by atoms with Crippen LogP contribution in [0.2, 0.25) is 0 Å². The molecule has 2 aromatic rings. The first-order valence-electron chi connectivity index (χ1n) is 5.52. The minimum Gasteiger partial charge on any atom is -0.398 e. The summed E-state index contributed by atoms with van der Waals surface area (Å²) in [5, 5.41) is 0. The van der Waals surface area contributed by atoms with Gasteiger partial charge in [0, 0.05) is 25.4 Å². The van der Waals surface area contributed by atoms with Crippen LogP contribution in [0.3, 0.4) is 0 Å². The van der Waals surface area contributed by atoms with Crippen molar-refractivity contribution in [1.82, 2.24) is 14.7 Å². The van der Waals surface area contributed by atoms with Gasteiger partial charge in [0.25, 0.3) is 0 Å². The fraction of sp³-hybridized carbons (Fsp3) is 0.182. The van der Waals surface area contributed by atoms with Gasteiger partial charge in [-0.15, -0.1) is 0 Å². The summed E-state index contributed by atoms with van der Waals surface area (Å²) in [4.78, 5) is 6.28. The molecule has 0 saturated carbocycles. The third-order valence-electron chi connectivity index (χ3n) is 2.47. The van der Waals surface area contributed by atoms with Crippen LogP contribution < -0.4 is 10.5 Å². The molecule has 0 aliphatic heterocycles. The molecule has 0 aliphatic rings. The number of hydrogen-bond acceptors (Lipinski definition) is 4. The van der Waals surface area contributed by atoms with Gasteiger partial charge in [0.2, 0.25) is 10.0 Å². The lowest BCUT2D eigenvalue weighted by atomic mass is 10.3. The minimum absolute atomic E-state index is 0.101. The quantitative estimate of drug-likeness (QED) is 0.702. The van der Waals surface area contributed by atoms with Crippen molar-refractivity contribution in [1.29, 1.82) is 0 Å². The Morgan fingerprint density at radius 3 is 2.84 bits per heavy atom. The van der Waals surface area contributed by atoms with E-state index in [1.54, 1.807) is 12.4 Å². The number of nitrogens with one attached hydrogen (secondary N) is 2. The maximum atomic E-state index is 13.5. The monoisotopic (exact) mass is 284 g/mol. The van der Waals surface area contributed by atoms with Crippen molar-refractivity contribution < 1.29 is 12.8 Å². The maximum Gasteiger partial charge on any atom is 0.245 e. The number of nitrogen functional groups attached to an aromatic ring is 1. The van der Waals surface area contributed by atoms with Crippen molar-refractivity contribution in [3.63, 3.8) is 0 Å². The molecule has 1 aromatic carbocycles. The second-order valence-corrected chi connectivity index (χ2v) is 5.55. The third kappa shape index (κ3) is 3.09. The van der Waals surface area contributed by atoms with E-state index in [2.05, 4.69) is 14.7 Å². The zero-order valence-electron chi connectivity index (χ0n) is 9.93. The number of halogens is 1. The first kappa shape index (κ1) is 13.5. The lowest BCUT2D eigenvalue weighted by Crippen LogP contribution is -2.27. The van der Waals surface area contributed by atoms with Crippen LogP contribution in [0.25, 0.3) is 0 Å². The van der Waals surface area contributed by atoms with E-state index in [1.165, 1.54) is 12.1 Å². The second-order valence-electron chi connectivity index (χ2n) is 3.84. The van der Waals surface area contributed by atoms with Gasteiger partial charge in [-0.1, -0.05) is 6.07 Å². The molecule has 6 nitrogen and oxygen atoms in total. The van der Waals surface area contributed by atoms with Gasteiger partial charge < -0.3 is 10.7 Å². The summed E-state index contributed by atoms with van der Waals surface area (Å²) in [6.07, 6.45) is 3.58. The van der Waals surface area contributed by atoms with Crippen molar-refractivity contribution >= 4 is 15.7 Å². The Balaban J connectivity index is 2.10. The van der Waals surface area contributed by atoms with E-state index >= 15 is 0 Å². The number of nitrogens with two attached hydrogens (primary N) is 1. The van der Waals surface area contributed by atoms with Gasteiger partial charge in [0.1, 0.15) is 16.5 Å². The molecule has 0 saturated heterocycles. The maximum absolute atomic E-state index is 13.5. The van der Waals surface area contributed by atoms with E-state index in [9.17, 15) is 12.8 Å². The largest absolute Gasteiger partial charge is 0.398 e. The summed E-state index contributed by atoms with van der Waals surface area (Å²) in [6.45, 7) is 0.101. The van der Waals surface area contributed by atoms with Crippen molar-refractivity contribution in [3.8, 4) is 0 Å². The molecule has 0 aliphatic carbocycles. The lowest BCUT2D eigenvalue weighted by Gasteiger charge is -2.09. The van der Waals surface area contributed by atoms with Crippen molar-refractivity contribution in [2.75, 3.05) is 12.3 Å². The number of anilines is 1. The number of H-pyrrole nitrogens is 1. The number of sulfonamides is 1. The average Bonchev–Trinajstić information content (AvgIpc) is 2.81. The fourth-order valence-corrected chi connectivity index (χ4v) is 2.84. The highest BCUT2D eigenvalue weighted by Gasteiger charge is 2.21. The molecule has 1 aromatic heterocycles. The molecule has 2 rings (SSSR count). The molecule has 0 radical (unpaired) electrons. The van der Waals surface area contributed by atoms with E-state index in [1.807, 2.05) is 0 Å². The van der Waals surface area contributed by atoms with Crippen LogP contribution in [-0.4, -0.2) is 24.9 Å². The van der Waals surface area contributed by atoms with Crippen LogP contribution in [0.15, 0.2) is 35.5 Å². The normalized spacial score (nSPS) is 11.6. The number of hydrogen-bond donors (Lipinski definition) is 3. The molecular weight excluding hydrogens is 271 g/mol. The molecule has 0 fully saturated rings. The van der Waals surface area contributed by atoms with E-state index in [4.69, 9.17) is 5.73 Å². The Bertz CT molecular complexity index is 635. The topological polar surface area (TPSA) is 101 Å². The molecule has 19 heavy (non-hydrogen) atoms. The molecule has 0 unspecified atom stereocenters. The highest BCUT2D eigenvalue weighted by atomic mass is 32.2. The van der Waals surface area contributed by atoms with Gasteiger partial charge in [-0.2, -0.15) is 0 Å². The summed E-state index contributed by atoms with van der Waals surface area (Å²) in [7, 11) is -3.97. The third-order valence-corrected chi connectivity index (χ3v) is 4.03.